The van der Waals surface area contributed by atoms with E-state index in [9.17, 15) is 4.79 Å². The van der Waals surface area contributed by atoms with Gasteiger partial charge in [0.2, 0.25) is 0 Å². The maximum Gasteiger partial charge on any atom is 0.253 e. The number of pyridine rings is 1. The summed E-state index contributed by atoms with van der Waals surface area (Å²) in [5.74, 6) is 0.708. The molecule has 0 amide bonds. The lowest BCUT2D eigenvalue weighted by Crippen LogP contribution is -2.40. The first-order valence-electron chi connectivity index (χ1n) is 12.0. The lowest BCUT2D eigenvalue weighted by atomic mass is 9.94. The number of hydrogen-bond donors (Lipinski definition) is 1. The van der Waals surface area contributed by atoms with Gasteiger partial charge in [-0.25, -0.2) is 4.68 Å². The second kappa shape index (κ2) is 8.47. The number of aromatic amines is 1. The van der Waals surface area contributed by atoms with E-state index in [0.29, 0.717) is 11.4 Å². The van der Waals surface area contributed by atoms with Gasteiger partial charge in [0.15, 0.2) is 5.82 Å². The highest BCUT2D eigenvalue weighted by Gasteiger charge is 2.35. The minimum Gasteiger partial charge on any atom is -0.322 e. The molecular weight excluding hydrogens is 424 g/mol. The van der Waals surface area contributed by atoms with Gasteiger partial charge in [-0.1, -0.05) is 31.2 Å². The number of fused-ring (bicyclic) bond motifs is 2. The number of rotatable bonds is 5. The first-order chi connectivity index (χ1) is 16.3. The van der Waals surface area contributed by atoms with E-state index in [2.05, 4.69) is 90.4 Å². The van der Waals surface area contributed by atoms with Crippen LogP contribution in [-0.4, -0.2) is 36.6 Å². The van der Waals surface area contributed by atoms with E-state index in [1.165, 1.54) is 16.7 Å². The smallest absolute Gasteiger partial charge is 0.253 e. The molecule has 1 aliphatic heterocycles. The molecule has 5 rings (SSSR count). The van der Waals surface area contributed by atoms with Gasteiger partial charge in [-0.3, -0.25) is 9.69 Å². The zero-order valence-electron chi connectivity index (χ0n) is 20.6. The van der Waals surface area contributed by atoms with Gasteiger partial charge in [-0.15, -0.1) is 5.10 Å². The average molecular weight is 457 g/mol. The van der Waals surface area contributed by atoms with Crippen molar-refractivity contribution in [3.63, 3.8) is 0 Å². The van der Waals surface area contributed by atoms with Crippen LogP contribution >= 0.6 is 0 Å². The summed E-state index contributed by atoms with van der Waals surface area (Å²) in [7, 11) is 0. The molecule has 0 aliphatic carbocycles. The summed E-state index contributed by atoms with van der Waals surface area (Å²) >= 11 is 0. The van der Waals surface area contributed by atoms with Crippen molar-refractivity contribution in [1.82, 2.24) is 30.1 Å². The summed E-state index contributed by atoms with van der Waals surface area (Å²) in [5.41, 5.74) is 6.18. The van der Waals surface area contributed by atoms with E-state index in [4.69, 9.17) is 0 Å². The molecule has 7 nitrogen and oxygen atoms in total. The summed E-state index contributed by atoms with van der Waals surface area (Å²) in [6.45, 7) is 12.1. The molecule has 2 aromatic carbocycles. The highest BCUT2D eigenvalue weighted by atomic mass is 16.1. The first-order valence-corrected chi connectivity index (χ1v) is 12.0. The van der Waals surface area contributed by atoms with Gasteiger partial charge in [-0.05, 0) is 96.8 Å². The molecule has 1 N–H and O–H groups in total. The van der Waals surface area contributed by atoms with Crippen molar-refractivity contribution in [1.29, 1.82) is 0 Å². The summed E-state index contributed by atoms with van der Waals surface area (Å²) in [5, 5.41) is 14.0. The molecule has 0 radical (unpaired) electrons. The Morgan fingerprint density at radius 2 is 1.82 bits per heavy atom. The first kappa shape index (κ1) is 22.5. The number of hydrogen-bond acceptors (Lipinski definition) is 5. The molecule has 0 spiro atoms. The van der Waals surface area contributed by atoms with Crippen LogP contribution in [0.4, 0.5) is 0 Å². The molecule has 2 aromatic heterocycles. The third-order valence-electron chi connectivity index (χ3n) is 7.48. The Morgan fingerprint density at radius 1 is 1.09 bits per heavy atom. The molecule has 7 heteroatoms. The van der Waals surface area contributed by atoms with Gasteiger partial charge in [0.05, 0.1) is 5.54 Å². The van der Waals surface area contributed by atoms with Gasteiger partial charge < -0.3 is 4.98 Å². The lowest BCUT2D eigenvalue weighted by Gasteiger charge is -2.36. The predicted molar refractivity (Wildman–Crippen MR) is 134 cm³/mol. The Bertz CT molecular complexity index is 1420. The maximum atomic E-state index is 13.5. The van der Waals surface area contributed by atoms with Crippen LogP contribution in [0, 0.1) is 13.8 Å². The van der Waals surface area contributed by atoms with Crippen molar-refractivity contribution in [3.8, 4) is 0 Å². The molecule has 1 aliphatic rings. The van der Waals surface area contributed by atoms with Gasteiger partial charge in [0, 0.05) is 24.2 Å². The Balaban J connectivity index is 1.70. The van der Waals surface area contributed by atoms with Crippen LogP contribution in [0.25, 0.3) is 10.9 Å². The standard InChI is InChI=1S/C27H32N6O/c1-6-27(4,5)33-25(29-30-31-33)24(32-12-11-19-9-7-8-10-20(19)16-32)22-15-21-13-17(2)18(3)14-23(21)28-26(22)34/h7-10,13-15,24H,6,11-12,16H2,1-5H3,(H,28,34)/t24-/m1/s1. The van der Waals surface area contributed by atoms with Crippen LogP contribution < -0.4 is 5.56 Å². The highest BCUT2D eigenvalue weighted by molar-refractivity contribution is 5.81. The Morgan fingerprint density at radius 3 is 2.59 bits per heavy atom. The number of aryl methyl sites for hydroxylation is 2. The van der Waals surface area contributed by atoms with Crippen LogP contribution in [-0.2, 0) is 18.5 Å². The molecule has 0 saturated heterocycles. The minimum atomic E-state index is -0.357. The fraction of sp³-hybridized carbons (Fsp3) is 0.407. The van der Waals surface area contributed by atoms with Crippen LogP contribution in [0.3, 0.4) is 0 Å². The van der Waals surface area contributed by atoms with Gasteiger partial charge in [-0.2, -0.15) is 0 Å². The van der Waals surface area contributed by atoms with E-state index in [-0.39, 0.29) is 17.1 Å². The van der Waals surface area contributed by atoms with Gasteiger partial charge >= 0.3 is 0 Å². The second-order valence-electron chi connectivity index (χ2n) is 10.1. The van der Waals surface area contributed by atoms with Crippen molar-refractivity contribution in [3.05, 3.63) is 86.5 Å². The average Bonchev–Trinajstić information content (AvgIpc) is 3.31. The van der Waals surface area contributed by atoms with Crippen LogP contribution in [0.5, 0.6) is 0 Å². The summed E-state index contributed by atoms with van der Waals surface area (Å²) in [6.07, 6.45) is 1.79. The second-order valence-corrected chi connectivity index (χ2v) is 10.1. The molecule has 0 bridgehead atoms. The molecule has 3 heterocycles. The molecule has 4 aromatic rings. The number of benzene rings is 2. The van der Waals surface area contributed by atoms with E-state index < -0.39 is 0 Å². The molecule has 176 valence electrons. The predicted octanol–water partition coefficient (Wildman–Crippen LogP) is 4.42. The molecule has 34 heavy (non-hydrogen) atoms. The van der Waals surface area contributed by atoms with Crippen LogP contribution in [0.1, 0.15) is 66.9 Å². The fourth-order valence-corrected chi connectivity index (χ4v) is 4.88. The Hall–Kier alpha value is -3.32. The van der Waals surface area contributed by atoms with Crippen molar-refractivity contribution in [2.24, 2.45) is 0 Å². The zero-order valence-corrected chi connectivity index (χ0v) is 20.6. The minimum absolute atomic E-state index is 0.0940. The van der Waals surface area contributed by atoms with E-state index in [1.54, 1.807) is 0 Å². The van der Waals surface area contributed by atoms with Crippen LogP contribution in [0.2, 0.25) is 0 Å². The molecular formula is C27H32N6O. The monoisotopic (exact) mass is 456 g/mol. The van der Waals surface area contributed by atoms with Gasteiger partial charge in [0.25, 0.3) is 5.56 Å². The van der Waals surface area contributed by atoms with E-state index >= 15 is 0 Å². The molecule has 1 atom stereocenters. The zero-order chi connectivity index (χ0) is 24.0. The molecule has 0 saturated carbocycles. The van der Waals surface area contributed by atoms with Crippen molar-refractivity contribution in [2.75, 3.05) is 6.54 Å². The van der Waals surface area contributed by atoms with Crippen molar-refractivity contribution in [2.45, 2.75) is 65.6 Å². The largest absolute Gasteiger partial charge is 0.322 e. The Kier molecular flexibility index (Phi) is 5.60. The number of nitrogens with zero attached hydrogens (tertiary/aromatic N) is 5. The fourth-order valence-electron chi connectivity index (χ4n) is 4.88. The summed E-state index contributed by atoms with van der Waals surface area (Å²) in [6, 6.07) is 14.4. The molecule has 0 unspecified atom stereocenters. The quantitative estimate of drug-likeness (QED) is 0.481. The third kappa shape index (κ3) is 3.84. The van der Waals surface area contributed by atoms with Gasteiger partial charge in [0.1, 0.15) is 6.04 Å². The topological polar surface area (TPSA) is 79.7 Å². The SMILES string of the molecule is CCC(C)(C)n1nnnc1[C@@H](c1cc2cc(C)c(C)cc2[nH]c1=O)N1CCc2ccccc2C1. The number of aromatic nitrogens is 5. The lowest BCUT2D eigenvalue weighted by molar-refractivity contribution is 0.181. The maximum absolute atomic E-state index is 13.5. The highest BCUT2D eigenvalue weighted by Crippen LogP contribution is 2.34. The normalized spacial score (nSPS) is 15.4. The third-order valence-corrected chi connectivity index (χ3v) is 7.48. The summed E-state index contributed by atoms with van der Waals surface area (Å²) < 4.78 is 1.90. The number of tetrazole rings is 1. The van der Waals surface area contributed by atoms with Crippen molar-refractivity contribution < 1.29 is 0 Å². The summed E-state index contributed by atoms with van der Waals surface area (Å²) in [4.78, 5) is 19.0. The van der Waals surface area contributed by atoms with E-state index in [1.807, 2.05) is 16.8 Å². The van der Waals surface area contributed by atoms with E-state index in [0.717, 1.165) is 42.4 Å². The van der Waals surface area contributed by atoms with Crippen LogP contribution in [0.15, 0.2) is 47.3 Å². The molecule has 0 fully saturated rings. The number of nitrogens with one attached hydrogen (secondary N) is 1. The van der Waals surface area contributed by atoms with Crippen molar-refractivity contribution >= 4 is 10.9 Å². The number of H-pyrrole nitrogens is 1. The Labute approximate surface area is 199 Å².